The zero-order valence-corrected chi connectivity index (χ0v) is 11.8. The first kappa shape index (κ1) is 14.4. The van der Waals surface area contributed by atoms with E-state index in [0.29, 0.717) is 12.0 Å². The number of aldehydes is 1. The van der Waals surface area contributed by atoms with Crippen LogP contribution in [0.15, 0.2) is 12.1 Å². The largest absolute Gasteiger partial charge is 0.326 e. The van der Waals surface area contributed by atoms with Crippen LogP contribution in [0.1, 0.15) is 48.7 Å². The SMILES string of the molecule is Cc1cc(C=O)cc(C)c1NC(=O)CC(C)(C)C. The summed E-state index contributed by atoms with van der Waals surface area (Å²) < 4.78 is 0. The van der Waals surface area contributed by atoms with Crippen LogP contribution in [0.4, 0.5) is 5.69 Å². The molecule has 0 spiro atoms. The summed E-state index contributed by atoms with van der Waals surface area (Å²) in [4.78, 5) is 22.7. The van der Waals surface area contributed by atoms with Crippen molar-refractivity contribution < 1.29 is 9.59 Å². The third kappa shape index (κ3) is 3.99. The lowest BCUT2D eigenvalue weighted by Gasteiger charge is -2.19. The van der Waals surface area contributed by atoms with Crippen molar-refractivity contribution in [3.63, 3.8) is 0 Å². The molecule has 0 saturated carbocycles. The molecule has 1 N–H and O–H groups in total. The third-order valence-corrected chi connectivity index (χ3v) is 2.65. The van der Waals surface area contributed by atoms with Gasteiger partial charge >= 0.3 is 0 Å². The third-order valence-electron chi connectivity index (χ3n) is 2.65. The summed E-state index contributed by atoms with van der Waals surface area (Å²) in [5.74, 6) is 0.00699. The Hall–Kier alpha value is -1.64. The van der Waals surface area contributed by atoms with Gasteiger partial charge in [0.2, 0.25) is 5.91 Å². The highest BCUT2D eigenvalue weighted by molar-refractivity contribution is 5.93. The number of hydrogen-bond acceptors (Lipinski definition) is 2. The molecule has 0 aliphatic carbocycles. The Kier molecular flexibility index (Phi) is 4.28. The van der Waals surface area contributed by atoms with Gasteiger partial charge in [0.1, 0.15) is 6.29 Å². The van der Waals surface area contributed by atoms with Crippen molar-refractivity contribution in [3.8, 4) is 0 Å². The molecule has 0 fully saturated rings. The fourth-order valence-electron chi connectivity index (χ4n) is 1.93. The second-order valence-electron chi connectivity index (χ2n) is 5.93. The van der Waals surface area contributed by atoms with E-state index in [2.05, 4.69) is 5.32 Å². The van der Waals surface area contributed by atoms with Crippen molar-refractivity contribution in [3.05, 3.63) is 28.8 Å². The second kappa shape index (κ2) is 5.34. The zero-order chi connectivity index (χ0) is 13.9. The average molecular weight is 247 g/mol. The molecule has 0 bridgehead atoms. The van der Waals surface area contributed by atoms with Gasteiger partial charge in [0, 0.05) is 17.7 Å². The van der Waals surface area contributed by atoms with Gasteiger partial charge in [-0.2, -0.15) is 0 Å². The van der Waals surface area contributed by atoms with Crippen molar-refractivity contribution in [1.29, 1.82) is 0 Å². The summed E-state index contributed by atoms with van der Waals surface area (Å²) in [6.45, 7) is 9.88. The number of rotatable bonds is 3. The standard InChI is InChI=1S/C15H21NO2/c1-10-6-12(9-17)7-11(2)14(10)16-13(18)8-15(3,4)5/h6-7,9H,8H2,1-5H3,(H,16,18). The van der Waals surface area contributed by atoms with Crippen LogP contribution in [0.3, 0.4) is 0 Å². The van der Waals surface area contributed by atoms with Crippen LogP contribution in [0.25, 0.3) is 0 Å². The predicted octanol–water partition coefficient (Wildman–Crippen LogP) is 3.49. The van der Waals surface area contributed by atoms with Crippen LogP contribution in [0.5, 0.6) is 0 Å². The van der Waals surface area contributed by atoms with Crippen LogP contribution >= 0.6 is 0 Å². The van der Waals surface area contributed by atoms with E-state index < -0.39 is 0 Å². The van der Waals surface area contributed by atoms with Gasteiger partial charge in [0.05, 0.1) is 0 Å². The van der Waals surface area contributed by atoms with Gasteiger partial charge in [-0.25, -0.2) is 0 Å². The predicted molar refractivity (Wildman–Crippen MR) is 74.0 cm³/mol. The maximum atomic E-state index is 11.9. The van der Waals surface area contributed by atoms with Crippen LogP contribution in [-0.4, -0.2) is 12.2 Å². The van der Waals surface area contributed by atoms with E-state index in [9.17, 15) is 9.59 Å². The van der Waals surface area contributed by atoms with E-state index in [1.807, 2.05) is 34.6 Å². The minimum atomic E-state index is -0.0331. The topological polar surface area (TPSA) is 46.2 Å². The van der Waals surface area contributed by atoms with E-state index in [-0.39, 0.29) is 11.3 Å². The van der Waals surface area contributed by atoms with Gasteiger partial charge in [-0.15, -0.1) is 0 Å². The summed E-state index contributed by atoms with van der Waals surface area (Å²) in [6.07, 6.45) is 1.29. The maximum Gasteiger partial charge on any atom is 0.224 e. The lowest BCUT2D eigenvalue weighted by Crippen LogP contribution is -2.20. The summed E-state index contributed by atoms with van der Waals surface area (Å²) >= 11 is 0. The van der Waals surface area contributed by atoms with Crippen molar-refractivity contribution in [1.82, 2.24) is 0 Å². The molecule has 18 heavy (non-hydrogen) atoms. The van der Waals surface area contributed by atoms with Gasteiger partial charge < -0.3 is 5.32 Å². The highest BCUT2D eigenvalue weighted by Crippen LogP contribution is 2.24. The first-order valence-electron chi connectivity index (χ1n) is 6.09. The average Bonchev–Trinajstić information content (AvgIpc) is 2.20. The molecular weight excluding hydrogens is 226 g/mol. The van der Waals surface area contributed by atoms with Crippen LogP contribution in [0, 0.1) is 19.3 Å². The molecule has 0 aliphatic heterocycles. The van der Waals surface area contributed by atoms with Crippen molar-refractivity contribution in [2.75, 3.05) is 5.32 Å². The number of anilines is 1. The molecule has 0 aromatic heterocycles. The first-order valence-corrected chi connectivity index (χ1v) is 6.09. The Balaban J connectivity index is 2.92. The number of amides is 1. The molecule has 1 aromatic carbocycles. The number of nitrogens with one attached hydrogen (secondary N) is 1. The lowest BCUT2D eigenvalue weighted by molar-refractivity contribution is -0.117. The fourth-order valence-corrected chi connectivity index (χ4v) is 1.93. The van der Waals surface area contributed by atoms with Crippen molar-refractivity contribution in [2.45, 2.75) is 41.0 Å². The minimum absolute atomic E-state index is 0.00699. The molecule has 0 atom stereocenters. The molecule has 0 radical (unpaired) electrons. The van der Waals surface area contributed by atoms with Gasteiger partial charge in [-0.1, -0.05) is 20.8 Å². The molecule has 1 rings (SSSR count). The summed E-state index contributed by atoms with van der Waals surface area (Å²) in [5, 5.41) is 2.93. The second-order valence-corrected chi connectivity index (χ2v) is 5.93. The van der Waals surface area contributed by atoms with Crippen LogP contribution < -0.4 is 5.32 Å². The molecule has 0 aliphatic rings. The molecule has 3 nitrogen and oxygen atoms in total. The zero-order valence-electron chi connectivity index (χ0n) is 11.8. The highest BCUT2D eigenvalue weighted by Gasteiger charge is 2.17. The van der Waals surface area contributed by atoms with E-state index in [1.165, 1.54) is 0 Å². The number of aryl methyl sites for hydroxylation is 2. The maximum absolute atomic E-state index is 11.9. The molecular formula is C15H21NO2. The normalized spacial score (nSPS) is 11.2. The lowest BCUT2D eigenvalue weighted by atomic mass is 9.92. The van der Waals surface area contributed by atoms with Crippen LogP contribution in [-0.2, 0) is 4.79 Å². The quantitative estimate of drug-likeness (QED) is 0.831. The Bertz CT molecular complexity index is 447. The van der Waals surface area contributed by atoms with Gasteiger partial charge in [0.15, 0.2) is 0 Å². The van der Waals surface area contributed by atoms with E-state index >= 15 is 0 Å². The fraction of sp³-hybridized carbons (Fsp3) is 0.467. The van der Waals surface area contributed by atoms with Crippen LogP contribution in [0.2, 0.25) is 0 Å². The Morgan fingerprint density at radius 2 is 1.72 bits per heavy atom. The molecule has 1 amide bonds. The van der Waals surface area contributed by atoms with E-state index in [0.717, 1.165) is 23.1 Å². The molecule has 0 unspecified atom stereocenters. The molecule has 3 heteroatoms. The Morgan fingerprint density at radius 3 is 2.11 bits per heavy atom. The number of carbonyl (C=O) groups is 2. The first-order chi connectivity index (χ1) is 8.23. The van der Waals surface area contributed by atoms with Crippen molar-refractivity contribution in [2.24, 2.45) is 5.41 Å². The van der Waals surface area contributed by atoms with Gasteiger partial charge in [-0.05, 0) is 42.5 Å². The minimum Gasteiger partial charge on any atom is -0.326 e. The summed E-state index contributed by atoms with van der Waals surface area (Å²) in [5.41, 5.74) is 3.25. The molecule has 1 aromatic rings. The van der Waals surface area contributed by atoms with E-state index in [4.69, 9.17) is 0 Å². The molecule has 0 heterocycles. The smallest absolute Gasteiger partial charge is 0.224 e. The van der Waals surface area contributed by atoms with Gasteiger partial charge in [0.25, 0.3) is 0 Å². The highest BCUT2D eigenvalue weighted by atomic mass is 16.1. The number of benzene rings is 1. The Morgan fingerprint density at radius 1 is 1.22 bits per heavy atom. The Labute approximate surface area is 109 Å². The number of hydrogen-bond donors (Lipinski definition) is 1. The molecule has 0 saturated heterocycles. The van der Waals surface area contributed by atoms with Gasteiger partial charge in [-0.3, -0.25) is 9.59 Å². The number of carbonyl (C=O) groups excluding carboxylic acids is 2. The van der Waals surface area contributed by atoms with Crippen molar-refractivity contribution >= 4 is 17.9 Å². The summed E-state index contributed by atoms with van der Waals surface area (Å²) in [7, 11) is 0. The monoisotopic (exact) mass is 247 g/mol. The summed E-state index contributed by atoms with van der Waals surface area (Å²) in [6, 6.07) is 3.57. The molecule has 98 valence electrons. The van der Waals surface area contributed by atoms with E-state index in [1.54, 1.807) is 12.1 Å².